The molecule has 1 aromatic rings. The number of amides is 1. The molecule has 0 spiro atoms. The zero-order chi connectivity index (χ0) is 13.7. The summed E-state index contributed by atoms with van der Waals surface area (Å²) in [4.78, 5) is 11.7. The van der Waals surface area contributed by atoms with E-state index in [1.165, 1.54) is 0 Å². The van der Waals surface area contributed by atoms with Crippen molar-refractivity contribution in [1.82, 2.24) is 0 Å². The number of nitrogens with one attached hydrogen (secondary N) is 1. The molecule has 0 aromatic heterocycles. The summed E-state index contributed by atoms with van der Waals surface area (Å²) in [6, 6.07) is 3.88. The highest BCUT2D eigenvalue weighted by Gasteiger charge is 2.10. The third-order valence-corrected chi connectivity index (χ3v) is 2.91. The maximum atomic E-state index is 11.7. The second-order valence-electron chi connectivity index (χ2n) is 4.65. The fourth-order valence-corrected chi connectivity index (χ4v) is 1.85. The fourth-order valence-electron chi connectivity index (χ4n) is 1.85. The first-order chi connectivity index (χ1) is 8.45. The van der Waals surface area contributed by atoms with Crippen molar-refractivity contribution in [3.8, 4) is 5.75 Å². The molecular formula is C14H22N2O2. The van der Waals surface area contributed by atoms with Crippen LogP contribution in [-0.4, -0.2) is 19.1 Å². The quantitative estimate of drug-likeness (QED) is 0.843. The van der Waals surface area contributed by atoms with Gasteiger partial charge in [0.1, 0.15) is 5.75 Å². The molecule has 0 saturated carbocycles. The van der Waals surface area contributed by atoms with Crippen molar-refractivity contribution in [2.24, 2.45) is 5.73 Å². The molecule has 0 radical (unpaired) electrons. The van der Waals surface area contributed by atoms with Gasteiger partial charge in [0.2, 0.25) is 5.91 Å². The van der Waals surface area contributed by atoms with Gasteiger partial charge >= 0.3 is 0 Å². The molecule has 1 amide bonds. The van der Waals surface area contributed by atoms with Crippen molar-refractivity contribution in [3.05, 3.63) is 23.3 Å². The largest absolute Gasteiger partial charge is 0.496 e. The van der Waals surface area contributed by atoms with Gasteiger partial charge in [0, 0.05) is 23.7 Å². The monoisotopic (exact) mass is 250 g/mol. The van der Waals surface area contributed by atoms with Crippen LogP contribution in [0.1, 0.15) is 30.9 Å². The molecule has 0 aliphatic carbocycles. The number of methoxy groups -OCH3 is 1. The summed E-state index contributed by atoms with van der Waals surface area (Å²) in [5, 5.41) is 2.89. The molecule has 0 fully saturated rings. The van der Waals surface area contributed by atoms with Crippen LogP contribution in [0.5, 0.6) is 5.75 Å². The first-order valence-electron chi connectivity index (χ1n) is 6.15. The maximum absolute atomic E-state index is 11.7. The van der Waals surface area contributed by atoms with Gasteiger partial charge in [-0.25, -0.2) is 0 Å². The van der Waals surface area contributed by atoms with Crippen LogP contribution >= 0.6 is 0 Å². The number of ether oxygens (including phenoxy) is 1. The van der Waals surface area contributed by atoms with Gasteiger partial charge < -0.3 is 15.8 Å². The summed E-state index contributed by atoms with van der Waals surface area (Å²) >= 11 is 0. The SMILES string of the molecule is COc1c(C)ccc(NC(=O)CCC(C)N)c1C. The first-order valence-corrected chi connectivity index (χ1v) is 6.15. The van der Waals surface area contributed by atoms with Gasteiger partial charge in [0.05, 0.1) is 7.11 Å². The zero-order valence-electron chi connectivity index (χ0n) is 11.5. The number of carbonyl (C=O) groups excluding carboxylic acids is 1. The maximum Gasteiger partial charge on any atom is 0.224 e. The summed E-state index contributed by atoms with van der Waals surface area (Å²) in [5.41, 5.74) is 8.44. The van der Waals surface area contributed by atoms with Crippen molar-refractivity contribution >= 4 is 11.6 Å². The molecule has 4 heteroatoms. The molecule has 1 atom stereocenters. The Morgan fingerprint density at radius 3 is 2.67 bits per heavy atom. The number of rotatable bonds is 5. The number of benzene rings is 1. The van der Waals surface area contributed by atoms with Crippen LogP contribution in [0.4, 0.5) is 5.69 Å². The van der Waals surface area contributed by atoms with Crippen LogP contribution in [0.15, 0.2) is 12.1 Å². The summed E-state index contributed by atoms with van der Waals surface area (Å²) < 4.78 is 5.32. The number of nitrogens with two attached hydrogens (primary N) is 1. The van der Waals surface area contributed by atoms with E-state index in [-0.39, 0.29) is 11.9 Å². The fraction of sp³-hybridized carbons (Fsp3) is 0.500. The lowest BCUT2D eigenvalue weighted by Gasteiger charge is -2.14. The molecule has 100 valence electrons. The molecule has 1 rings (SSSR count). The van der Waals surface area contributed by atoms with E-state index < -0.39 is 0 Å². The number of carbonyl (C=O) groups is 1. The highest BCUT2D eigenvalue weighted by Crippen LogP contribution is 2.29. The van der Waals surface area contributed by atoms with Crippen molar-refractivity contribution in [3.63, 3.8) is 0 Å². The highest BCUT2D eigenvalue weighted by atomic mass is 16.5. The van der Waals surface area contributed by atoms with Crippen LogP contribution in [-0.2, 0) is 4.79 Å². The van der Waals surface area contributed by atoms with Crippen LogP contribution < -0.4 is 15.8 Å². The van der Waals surface area contributed by atoms with Crippen LogP contribution in [0, 0.1) is 13.8 Å². The third kappa shape index (κ3) is 3.74. The van der Waals surface area contributed by atoms with E-state index in [0.717, 1.165) is 22.6 Å². The van der Waals surface area contributed by atoms with E-state index in [1.54, 1.807) is 7.11 Å². The summed E-state index contributed by atoms with van der Waals surface area (Å²) in [6.07, 6.45) is 1.13. The molecule has 0 heterocycles. The van der Waals surface area contributed by atoms with E-state index in [4.69, 9.17) is 10.5 Å². The number of hydrogen-bond donors (Lipinski definition) is 2. The van der Waals surface area contributed by atoms with E-state index in [1.807, 2.05) is 32.9 Å². The lowest BCUT2D eigenvalue weighted by molar-refractivity contribution is -0.116. The van der Waals surface area contributed by atoms with E-state index in [0.29, 0.717) is 12.8 Å². The molecule has 1 aromatic carbocycles. The molecule has 1 unspecified atom stereocenters. The number of anilines is 1. The second-order valence-corrected chi connectivity index (χ2v) is 4.65. The van der Waals surface area contributed by atoms with Gasteiger partial charge in [-0.15, -0.1) is 0 Å². The Morgan fingerprint density at radius 1 is 1.44 bits per heavy atom. The highest BCUT2D eigenvalue weighted by molar-refractivity contribution is 5.92. The van der Waals surface area contributed by atoms with E-state index in [2.05, 4.69) is 5.32 Å². The predicted octanol–water partition coefficient (Wildman–Crippen LogP) is 2.38. The Morgan fingerprint density at radius 2 is 2.11 bits per heavy atom. The van der Waals surface area contributed by atoms with Gasteiger partial charge in [-0.05, 0) is 38.8 Å². The van der Waals surface area contributed by atoms with Gasteiger partial charge in [-0.2, -0.15) is 0 Å². The predicted molar refractivity (Wildman–Crippen MR) is 74.0 cm³/mol. The van der Waals surface area contributed by atoms with Crippen LogP contribution in [0.25, 0.3) is 0 Å². The Kier molecular flexibility index (Phi) is 5.16. The van der Waals surface area contributed by atoms with Gasteiger partial charge in [-0.1, -0.05) is 6.07 Å². The molecule has 0 saturated heterocycles. The Hall–Kier alpha value is -1.55. The summed E-state index contributed by atoms with van der Waals surface area (Å²) in [5.74, 6) is 0.807. The molecule has 4 nitrogen and oxygen atoms in total. The Bertz CT molecular complexity index is 428. The Balaban J connectivity index is 2.76. The van der Waals surface area contributed by atoms with E-state index >= 15 is 0 Å². The molecule has 0 bridgehead atoms. The van der Waals surface area contributed by atoms with Crippen molar-refractivity contribution < 1.29 is 9.53 Å². The normalized spacial score (nSPS) is 12.1. The minimum atomic E-state index is -0.0127. The zero-order valence-corrected chi connectivity index (χ0v) is 11.5. The molecule has 0 aliphatic heterocycles. The third-order valence-electron chi connectivity index (χ3n) is 2.91. The minimum absolute atomic E-state index is 0.0127. The average molecular weight is 250 g/mol. The molecule has 18 heavy (non-hydrogen) atoms. The average Bonchev–Trinajstić information content (AvgIpc) is 2.31. The minimum Gasteiger partial charge on any atom is -0.496 e. The van der Waals surface area contributed by atoms with Crippen molar-refractivity contribution in [1.29, 1.82) is 0 Å². The van der Waals surface area contributed by atoms with Gasteiger partial charge in [0.25, 0.3) is 0 Å². The second kappa shape index (κ2) is 6.40. The molecule has 3 N–H and O–H groups in total. The number of aryl methyl sites for hydroxylation is 1. The lowest BCUT2D eigenvalue weighted by Crippen LogP contribution is -2.19. The van der Waals surface area contributed by atoms with Gasteiger partial charge in [-0.3, -0.25) is 4.79 Å². The molecule has 0 aliphatic rings. The Labute approximate surface area is 109 Å². The first kappa shape index (κ1) is 14.5. The molecular weight excluding hydrogens is 228 g/mol. The smallest absolute Gasteiger partial charge is 0.224 e. The van der Waals surface area contributed by atoms with Crippen molar-refractivity contribution in [2.75, 3.05) is 12.4 Å². The lowest BCUT2D eigenvalue weighted by atomic mass is 10.1. The summed E-state index contributed by atoms with van der Waals surface area (Å²) in [7, 11) is 1.64. The standard InChI is InChI=1S/C14H22N2O2/c1-9-5-7-12(11(3)14(9)18-4)16-13(17)8-6-10(2)15/h5,7,10H,6,8,15H2,1-4H3,(H,16,17). The van der Waals surface area contributed by atoms with Crippen LogP contribution in [0.2, 0.25) is 0 Å². The van der Waals surface area contributed by atoms with E-state index in [9.17, 15) is 4.79 Å². The van der Waals surface area contributed by atoms with Crippen LogP contribution in [0.3, 0.4) is 0 Å². The summed E-state index contributed by atoms with van der Waals surface area (Å²) in [6.45, 7) is 5.81. The van der Waals surface area contributed by atoms with Crippen molar-refractivity contribution in [2.45, 2.75) is 39.7 Å². The van der Waals surface area contributed by atoms with Gasteiger partial charge in [0.15, 0.2) is 0 Å². The number of hydrogen-bond acceptors (Lipinski definition) is 3. The topological polar surface area (TPSA) is 64.3 Å².